The van der Waals surface area contributed by atoms with Gasteiger partial charge in [-0.15, -0.1) is 0 Å². The first-order valence-electron chi connectivity index (χ1n) is 6.84. The molecule has 0 bridgehead atoms. The average Bonchev–Trinajstić information content (AvgIpc) is 2.41. The molecule has 0 amide bonds. The van der Waals surface area contributed by atoms with E-state index in [2.05, 4.69) is 78.4 Å². The minimum absolute atomic E-state index is 0.914. The lowest BCUT2D eigenvalue weighted by Crippen LogP contribution is -2.12. The number of nitrogens with one attached hydrogen (secondary N) is 1. The van der Waals surface area contributed by atoms with E-state index in [1.54, 1.807) is 0 Å². The Hall–Kier alpha value is -0.770. The van der Waals surface area contributed by atoms with Crippen LogP contribution in [0.3, 0.4) is 0 Å². The Bertz CT molecular complexity index is 596. The average molecular weight is 350 g/mol. The zero-order valence-electron chi connectivity index (χ0n) is 12.2. The van der Waals surface area contributed by atoms with Crippen LogP contribution >= 0.6 is 27.7 Å². The fourth-order valence-electron chi connectivity index (χ4n) is 2.06. The maximum absolute atomic E-state index is 3.57. The normalized spacial score (nSPS) is 10.8. The second kappa shape index (κ2) is 7.30. The Balaban J connectivity index is 2.29. The summed E-state index contributed by atoms with van der Waals surface area (Å²) in [6, 6.07) is 13.1. The summed E-state index contributed by atoms with van der Waals surface area (Å²) in [5, 5.41) is 3.41. The zero-order chi connectivity index (χ0) is 14.5. The Morgan fingerprint density at radius 2 is 1.85 bits per heavy atom. The van der Waals surface area contributed by atoms with E-state index in [9.17, 15) is 0 Å². The molecule has 0 saturated heterocycles. The van der Waals surface area contributed by atoms with Crippen LogP contribution in [0.1, 0.15) is 23.6 Å². The molecule has 3 heteroatoms. The molecule has 0 atom stereocenters. The zero-order valence-corrected chi connectivity index (χ0v) is 14.6. The van der Waals surface area contributed by atoms with E-state index in [4.69, 9.17) is 0 Å². The molecule has 2 aromatic carbocycles. The number of hydrogen-bond acceptors (Lipinski definition) is 2. The Labute approximate surface area is 134 Å². The fourth-order valence-corrected chi connectivity index (χ4v) is 3.62. The van der Waals surface area contributed by atoms with Gasteiger partial charge in [-0.25, -0.2) is 0 Å². The van der Waals surface area contributed by atoms with Gasteiger partial charge in [0.15, 0.2) is 0 Å². The van der Waals surface area contributed by atoms with Gasteiger partial charge in [0, 0.05) is 20.8 Å². The van der Waals surface area contributed by atoms with Crippen molar-refractivity contribution >= 4 is 27.7 Å². The highest BCUT2D eigenvalue weighted by Crippen LogP contribution is 2.34. The van der Waals surface area contributed by atoms with Crippen LogP contribution in [0.5, 0.6) is 0 Å². The Morgan fingerprint density at radius 3 is 2.55 bits per heavy atom. The van der Waals surface area contributed by atoms with Crippen LogP contribution in [0.15, 0.2) is 50.7 Å². The number of benzene rings is 2. The standard InChI is InChI=1S/C17H20BrNS/c1-4-19-11-14-6-7-15(18)10-17(14)20-16-8-5-12(2)9-13(16)3/h5-10,19H,4,11H2,1-3H3. The predicted molar refractivity (Wildman–Crippen MR) is 91.6 cm³/mol. The van der Waals surface area contributed by atoms with Crippen LogP contribution in [0, 0.1) is 13.8 Å². The third-order valence-electron chi connectivity index (χ3n) is 3.15. The molecular weight excluding hydrogens is 330 g/mol. The molecule has 20 heavy (non-hydrogen) atoms. The maximum atomic E-state index is 3.57. The molecule has 2 aromatic rings. The molecule has 0 aliphatic carbocycles. The minimum Gasteiger partial charge on any atom is -0.313 e. The molecule has 0 aromatic heterocycles. The lowest BCUT2D eigenvalue weighted by molar-refractivity contribution is 0.718. The highest BCUT2D eigenvalue weighted by molar-refractivity contribution is 9.10. The second-order valence-corrected chi connectivity index (χ2v) is 6.90. The largest absolute Gasteiger partial charge is 0.313 e. The number of aryl methyl sites for hydroxylation is 2. The molecule has 0 saturated carbocycles. The Morgan fingerprint density at radius 1 is 1.05 bits per heavy atom. The van der Waals surface area contributed by atoms with Gasteiger partial charge in [-0.3, -0.25) is 0 Å². The molecule has 1 N–H and O–H groups in total. The van der Waals surface area contributed by atoms with Crippen LogP contribution in [-0.2, 0) is 6.54 Å². The van der Waals surface area contributed by atoms with E-state index in [1.165, 1.54) is 26.5 Å². The highest BCUT2D eigenvalue weighted by atomic mass is 79.9. The molecule has 0 aliphatic heterocycles. The van der Waals surface area contributed by atoms with Crippen molar-refractivity contribution in [3.63, 3.8) is 0 Å². The third kappa shape index (κ3) is 4.11. The van der Waals surface area contributed by atoms with Gasteiger partial charge in [-0.05, 0) is 49.7 Å². The van der Waals surface area contributed by atoms with Crippen LogP contribution in [0.2, 0.25) is 0 Å². The van der Waals surface area contributed by atoms with Crippen LogP contribution < -0.4 is 5.32 Å². The van der Waals surface area contributed by atoms with Crippen molar-refractivity contribution in [1.82, 2.24) is 5.32 Å². The SMILES string of the molecule is CCNCc1ccc(Br)cc1Sc1ccc(C)cc1C. The molecule has 0 spiro atoms. The van der Waals surface area contributed by atoms with Crippen molar-refractivity contribution in [3.05, 3.63) is 57.6 Å². The van der Waals surface area contributed by atoms with Crippen molar-refractivity contribution in [2.75, 3.05) is 6.54 Å². The molecule has 1 nitrogen and oxygen atoms in total. The number of hydrogen-bond donors (Lipinski definition) is 1. The lowest BCUT2D eigenvalue weighted by Gasteiger charge is -2.12. The number of rotatable bonds is 5. The second-order valence-electron chi connectivity index (χ2n) is 4.90. The van der Waals surface area contributed by atoms with Crippen LogP contribution in [0.4, 0.5) is 0 Å². The third-order valence-corrected chi connectivity index (χ3v) is 4.92. The van der Waals surface area contributed by atoms with Gasteiger partial charge >= 0.3 is 0 Å². The van der Waals surface area contributed by atoms with Crippen molar-refractivity contribution < 1.29 is 0 Å². The first-order valence-corrected chi connectivity index (χ1v) is 8.45. The maximum Gasteiger partial charge on any atom is 0.0216 e. The molecule has 0 unspecified atom stereocenters. The van der Waals surface area contributed by atoms with Crippen molar-refractivity contribution in [1.29, 1.82) is 0 Å². The minimum atomic E-state index is 0.914. The smallest absolute Gasteiger partial charge is 0.0216 e. The first kappa shape index (κ1) is 15.6. The molecule has 0 heterocycles. The quantitative estimate of drug-likeness (QED) is 0.783. The summed E-state index contributed by atoms with van der Waals surface area (Å²) in [4.78, 5) is 2.64. The Kier molecular flexibility index (Phi) is 5.70. The van der Waals surface area contributed by atoms with Gasteiger partial charge < -0.3 is 5.32 Å². The first-order chi connectivity index (χ1) is 9.60. The number of halogens is 1. The van der Waals surface area contributed by atoms with Crippen molar-refractivity contribution in [3.8, 4) is 0 Å². The van der Waals surface area contributed by atoms with E-state index in [1.807, 2.05) is 11.8 Å². The molecular formula is C17H20BrNS. The van der Waals surface area contributed by atoms with E-state index >= 15 is 0 Å². The summed E-state index contributed by atoms with van der Waals surface area (Å²) < 4.78 is 1.13. The topological polar surface area (TPSA) is 12.0 Å². The summed E-state index contributed by atoms with van der Waals surface area (Å²) in [5.74, 6) is 0. The van der Waals surface area contributed by atoms with Gasteiger partial charge in [0.25, 0.3) is 0 Å². The highest BCUT2D eigenvalue weighted by Gasteiger charge is 2.07. The summed E-state index contributed by atoms with van der Waals surface area (Å²) in [6.07, 6.45) is 0. The van der Waals surface area contributed by atoms with E-state index in [0.29, 0.717) is 0 Å². The van der Waals surface area contributed by atoms with Crippen LogP contribution in [-0.4, -0.2) is 6.54 Å². The monoisotopic (exact) mass is 349 g/mol. The summed E-state index contributed by atoms with van der Waals surface area (Å²) in [6.45, 7) is 8.35. The molecule has 0 fully saturated rings. The molecule has 0 aliphatic rings. The molecule has 0 radical (unpaired) electrons. The van der Waals surface area contributed by atoms with Crippen molar-refractivity contribution in [2.24, 2.45) is 0 Å². The molecule has 2 rings (SSSR count). The van der Waals surface area contributed by atoms with Gasteiger partial charge in [0.1, 0.15) is 0 Å². The summed E-state index contributed by atoms with van der Waals surface area (Å²) in [7, 11) is 0. The van der Waals surface area contributed by atoms with E-state index in [-0.39, 0.29) is 0 Å². The summed E-state index contributed by atoms with van der Waals surface area (Å²) >= 11 is 5.42. The fraction of sp³-hybridized carbons (Fsp3) is 0.294. The van der Waals surface area contributed by atoms with Gasteiger partial charge in [0.2, 0.25) is 0 Å². The van der Waals surface area contributed by atoms with Crippen LogP contribution in [0.25, 0.3) is 0 Å². The summed E-state index contributed by atoms with van der Waals surface area (Å²) in [5.41, 5.74) is 4.00. The lowest BCUT2D eigenvalue weighted by atomic mass is 10.2. The van der Waals surface area contributed by atoms with Gasteiger partial charge in [-0.2, -0.15) is 0 Å². The van der Waals surface area contributed by atoms with E-state index < -0.39 is 0 Å². The van der Waals surface area contributed by atoms with Gasteiger partial charge in [-0.1, -0.05) is 58.4 Å². The van der Waals surface area contributed by atoms with Crippen molar-refractivity contribution in [2.45, 2.75) is 37.1 Å². The van der Waals surface area contributed by atoms with E-state index in [0.717, 1.165) is 17.6 Å². The predicted octanol–water partition coefficient (Wildman–Crippen LogP) is 5.33. The molecule has 106 valence electrons. The van der Waals surface area contributed by atoms with Gasteiger partial charge in [0.05, 0.1) is 0 Å².